The number of hydrogen-bond donors (Lipinski definition) is 2. The Morgan fingerprint density at radius 2 is 2.10 bits per heavy atom. The quantitative estimate of drug-likeness (QED) is 0.728. The summed E-state index contributed by atoms with van der Waals surface area (Å²) in [6.07, 6.45) is 1.35. The summed E-state index contributed by atoms with van der Waals surface area (Å²) in [4.78, 5) is 23.4. The number of aromatic amines is 1. The van der Waals surface area contributed by atoms with Gasteiger partial charge >= 0.3 is 0 Å². The SMILES string of the molecule is O=C(NCc1nc2ccccc2[nH]1)c1cc(Cl)ncc1Cl. The van der Waals surface area contributed by atoms with Gasteiger partial charge in [0.1, 0.15) is 11.0 Å². The highest BCUT2D eigenvalue weighted by Gasteiger charge is 2.12. The molecule has 2 heterocycles. The van der Waals surface area contributed by atoms with Crippen LogP contribution >= 0.6 is 23.2 Å². The Bertz CT molecular complexity index is 783. The van der Waals surface area contributed by atoms with Crippen LogP contribution in [0.3, 0.4) is 0 Å². The van der Waals surface area contributed by atoms with Gasteiger partial charge in [-0.1, -0.05) is 35.3 Å². The van der Waals surface area contributed by atoms with E-state index in [1.54, 1.807) is 0 Å². The minimum atomic E-state index is -0.329. The molecular weight excluding hydrogens is 311 g/mol. The molecule has 2 aromatic heterocycles. The summed E-state index contributed by atoms with van der Waals surface area (Å²) >= 11 is 11.7. The first kappa shape index (κ1) is 13.9. The van der Waals surface area contributed by atoms with Gasteiger partial charge in [-0.3, -0.25) is 4.79 Å². The molecule has 0 aliphatic rings. The number of nitrogens with one attached hydrogen (secondary N) is 2. The van der Waals surface area contributed by atoms with Gasteiger partial charge in [0.2, 0.25) is 0 Å². The summed E-state index contributed by atoms with van der Waals surface area (Å²) in [6, 6.07) is 9.08. The van der Waals surface area contributed by atoms with Crippen LogP contribution in [-0.2, 0) is 6.54 Å². The van der Waals surface area contributed by atoms with Crippen LogP contribution in [0.2, 0.25) is 10.2 Å². The van der Waals surface area contributed by atoms with Crippen molar-refractivity contribution in [2.24, 2.45) is 0 Å². The van der Waals surface area contributed by atoms with E-state index in [0.29, 0.717) is 5.82 Å². The van der Waals surface area contributed by atoms with Crippen molar-refractivity contribution in [1.82, 2.24) is 20.3 Å². The second-order valence-electron chi connectivity index (χ2n) is 4.37. The second-order valence-corrected chi connectivity index (χ2v) is 5.16. The zero-order valence-electron chi connectivity index (χ0n) is 10.7. The molecule has 2 N–H and O–H groups in total. The number of aromatic nitrogens is 3. The lowest BCUT2D eigenvalue weighted by atomic mass is 10.2. The lowest BCUT2D eigenvalue weighted by molar-refractivity contribution is 0.0950. The monoisotopic (exact) mass is 320 g/mol. The minimum absolute atomic E-state index is 0.216. The molecule has 0 radical (unpaired) electrons. The molecule has 0 atom stereocenters. The number of benzene rings is 1. The fourth-order valence-corrected chi connectivity index (χ4v) is 2.28. The summed E-state index contributed by atoms with van der Waals surface area (Å²) in [5, 5.41) is 3.21. The van der Waals surface area contributed by atoms with Gasteiger partial charge in [-0.25, -0.2) is 9.97 Å². The van der Waals surface area contributed by atoms with Crippen molar-refractivity contribution < 1.29 is 4.79 Å². The molecule has 0 bridgehead atoms. The molecule has 106 valence electrons. The largest absolute Gasteiger partial charge is 0.345 e. The van der Waals surface area contributed by atoms with Gasteiger partial charge in [0.05, 0.1) is 28.2 Å². The van der Waals surface area contributed by atoms with Crippen molar-refractivity contribution in [1.29, 1.82) is 0 Å². The summed E-state index contributed by atoms with van der Waals surface area (Å²) < 4.78 is 0. The zero-order chi connectivity index (χ0) is 14.8. The number of amides is 1. The predicted molar refractivity (Wildman–Crippen MR) is 81.5 cm³/mol. The number of hydrogen-bond acceptors (Lipinski definition) is 3. The minimum Gasteiger partial charge on any atom is -0.345 e. The van der Waals surface area contributed by atoms with Crippen molar-refractivity contribution in [2.75, 3.05) is 0 Å². The number of para-hydroxylation sites is 2. The zero-order valence-corrected chi connectivity index (χ0v) is 12.2. The van der Waals surface area contributed by atoms with Crippen molar-refractivity contribution in [3.63, 3.8) is 0 Å². The maximum absolute atomic E-state index is 12.1. The van der Waals surface area contributed by atoms with Crippen LogP contribution in [0, 0.1) is 0 Å². The van der Waals surface area contributed by atoms with Gasteiger partial charge in [-0.2, -0.15) is 0 Å². The molecule has 1 aromatic carbocycles. The van der Waals surface area contributed by atoms with E-state index in [1.807, 2.05) is 24.3 Å². The molecule has 0 aliphatic heterocycles. The number of carbonyl (C=O) groups is 1. The molecule has 5 nitrogen and oxygen atoms in total. The standard InChI is InChI=1S/C14H10Cl2N4O/c15-9-6-17-12(16)5-8(9)14(21)18-7-13-19-10-3-1-2-4-11(10)20-13/h1-6H,7H2,(H,18,21)(H,19,20). The fraction of sp³-hybridized carbons (Fsp3) is 0.0714. The Morgan fingerprint density at radius 3 is 2.90 bits per heavy atom. The number of H-pyrrole nitrogens is 1. The maximum atomic E-state index is 12.1. The van der Waals surface area contributed by atoms with Crippen LogP contribution in [0.4, 0.5) is 0 Å². The predicted octanol–water partition coefficient (Wildman–Crippen LogP) is 3.19. The van der Waals surface area contributed by atoms with Gasteiger partial charge in [0, 0.05) is 6.20 Å². The first-order valence-corrected chi connectivity index (χ1v) is 6.92. The van der Waals surface area contributed by atoms with Crippen molar-refractivity contribution >= 4 is 40.1 Å². The summed E-state index contributed by atoms with van der Waals surface area (Å²) in [6.45, 7) is 0.268. The number of carbonyl (C=O) groups excluding carboxylic acids is 1. The number of imidazole rings is 1. The van der Waals surface area contributed by atoms with Gasteiger partial charge in [0.25, 0.3) is 5.91 Å². The van der Waals surface area contributed by atoms with Crippen LogP contribution in [0.5, 0.6) is 0 Å². The first-order chi connectivity index (χ1) is 10.1. The highest BCUT2D eigenvalue weighted by molar-refractivity contribution is 6.35. The molecule has 0 unspecified atom stereocenters. The van der Waals surface area contributed by atoms with E-state index in [-0.39, 0.29) is 28.2 Å². The van der Waals surface area contributed by atoms with E-state index in [4.69, 9.17) is 23.2 Å². The summed E-state index contributed by atoms with van der Waals surface area (Å²) in [5.74, 6) is 0.339. The third-order valence-corrected chi connectivity index (χ3v) is 3.43. The van der Waals surface area contributed by atoms with Gasteiger partial charge in [-0.15, -0.1) is 0 Å². The number of fused-ring (bicyclic) bond motifs is 1. The van der Waals surface area contributed by atoms with E-state index >= 15 is 0 Å². The van der Waals surface area contributed by atoms with Crippen LogP contribution in [0.15, 0.2) is 36.5 Å². The third-order valence-electron chi connectivity index (χ3n) is 2.92. The normalized spacial score (nSPS) is 10.8. The molecule has 0 fully saturated rings. The number of halogens is 2. The van der Waals surface area contributed by atoms with Crippen molar-refractivity contribution in [3.8, 4) is 0 Å². The lowest BCUT2D eigenvalue weighted by Gasteiger charge is -2.05. The van der Waals surface area contributed by atoms with E-state index in [9.17, 15) is 4.79 Å². The molecule has 1 amide bonds. The second kappa shape index (κ2) is 5.71. The Morgan fingerprint density at radius 1 is 1.29 bits per heavy atom. The molecule has 3 rings (SSSR count). The van der Waals surface area contributed by atoms with Crippen LogP contribution in [-0.4, -0.2) is 20.9 Å². The Kier molecular flexibility index (Phi) is 3.77. The highest BCUT2D eigenvalue weighted by Crippen LogP contribution is 2.18. The Balaban J connectivity index is 1.74. The topological polar surface area (TPSA) is 70.7 Å². The third kappa shape index (κ3) is 2.99. The molecular formula is C14H10Cl2N4O. The average molecular weight is 321 g/mol. The average Bonchev–Trinajstić information content (AvgIpc) is 2.90. The smallest absolute Gasteiger partial charge is 0.253 e. The molecule has 0 saturated carbocycles. The molecule has 0 saturated heterocycles. The number of nitrogens with zero attached hydrogens (tertiary/aromatic N) is 2. The molecule has 0 spiro atoms. The maximum Gasteiger partial charge on any atom is 0.253 e. The van der Waals surface area contributed by atoms with Gasteiger partial charge in [0.15, 0.2) is 0 Å². The first-order valence-electron chi connectivity index (χ1n) is 6.16. The summed E-state index contributed by atoms with van der Waals surface area (Å²) in [7, 11) is 0. The van der Waals surface area contributed by atoms with Crippen LogP contribution < -0.4 is 5.32 Å². The molecule has 7 heteroatoms. The van der Waals surface area contributed by atoms with E-state index < -0.39 is 0 Å². The lowest BCUT2D eigenvalue weighted by Crippen LogP contribution is -2.23. The Hall–Kier alpha value is -2.11. The number of pyridine rings is 1. The Labute approximate surface area is 130 Å². The van der Waals surface area contributed by atoms with Crippen LogP contribution in [0.1, 0.15) is 16.2 Å². The molecule has 21 heavy (non-hydrogen) atoms. The van der Waals surface area contributed by atoms with E-state index in [1.165, 1.54) is 12.3 Å². The van der Waals surface area contributed by atoms with E-state index in [2.05, 4.69) is 20.3 Å². The van der Waals surface area contributed by atoms with Gasteiger partial charge < -0.3 is 10.3 Å². The van der Waals surface area contributed by atoms with Crippen molar-refractivity contribution in [3.05, 3.63) is 58.1 Å². The van der Waals surface area contributed by atoms with Gasteiger partial charge in [-0.05, 0) is 18.2 Å². The van der Waals surface area contributed by atoms with E-state index in [0.717, 1.165) is 11.0 Å². The molecule has 3 aromatic rings. The van der Waals surface area contributed by atoms with Crippen molar-refractivity contribution in [2.45, 2.75) is 6.54 Å². The van der Waals surface area contributed by atoms with Crippen LogP contribution in [0.25, 0.3) is 11.0 Å². The highest BCUT2D eigenvalue weighted by atomic mass is 35.5. The number of rotatable bonds is 3. The summed E-state index contributed by atoms with van der Waals surface area (Å²) in [5.41, 5.74) is 2.06. The fourth-order valence-electron chi connectivity index (χ4n) is 1.94. The molecule has 0 aliphatic carbocycles.